The third-order valence-corrected chi connectivity index (χ3v) is 2.68. The van der Waals surface area contributed by atoms with E-state index in [1.807, 2.05) is 6.92 Å². The number of hydrogen-bond donors (Lipinski definition) is 1. The highest BCUT2D eigenvalue weighted by molar-refractivity contribution is 7.09. The molecule has 0 aliphatic heterocycles. The molecule has 0 fully saturated rings. The van der Waals surface area contributed by atoms with Crippen molar-refractivity contribution < 1.29 is 5.11 Å². The Morgan fingerprint density at radius 2 is 2.45 bits per heavy atom. The van der Waals surface area contributed by atoms with Crippen molar-refractivity contribution in [2.24, 2.45) is 0 Å². The number of aliphatic hydroxyl groups is 1. The normalized spacial score (nSPS) is 13.4. The molecule has 0 aromatic carbocycles. The van der Waals surface area contributed by atoms with Crippen LogP contribution < -0.4 is 0 Å². The van der Waals surface area contributed by atoms with Crippen LogP contribution in [0.1, 0.15) is 36.4 Å². The van der Waals surface area contributed by atoms with Gasteiger partial charge in [-0.1, -0.05) is 13.3 Å². The molecule has 1 N–H and O–H groups in total. The van der Waals surface area contributed by atoms with Gasteiger partial charge < -0.3 is 5.11 Å². The monoisotopic (exact) mass is 171 g/mol. The fraction of sp³-hybridized carbons (Fsp3) is 0.625. The number of aliphatic hydroxyl groups excluding tert-OH is 1. The molecule has 0 bridgehead atoms. The summed E-state index contributed by atoms with van der Waals surface area (Å²) in [4.78, 5) is 5.10. The molecule has 62 valence electrons. The number of hydrogen-bond acceptors (Lipinski definition) is 3. The number of aryl methyl sites for hydroxylation is 1. The molecule has 0 saturated carbocycles. The smallest absolute Gasteiger partial charge is 0.0900 e. The minimum absolute atomic E-state index is 0.299. The zero-order valence-electron chi connectivity index (χ0n) is 6.87. The van der Waals surface area contributed by atoms with Gasteiger partial charge in [0.2, 0.25) is 0 Å². The van der Waals surface area contributed by atoms with E-state index < -0.39 is 0 Å². The van der Waals surface area contributed by atoms with Crippen molar-refractivity contribution in [3.63, 3.8) is 0 Å². The predicted molar refractivity (Wildman–Crippen MR) is 46.7 cm³/mol. The zero-order chi connectivity index (χ0) is 8.27. The molecule has 0 saturated heterocycles. The second kappa shape index (κ2) is 3.83. The molecule has 3 heteroatoms. The molecule has 0 spiro atoms. The van der Waals surface area contributed by atoms with E-state index in [1.165, 1.54) is 11.3 Å². The Labute approximate surface area is 70.9 Å². The van der Waals surface area contributed by atoms with E-state index in [4.69, 9.17) is 0 Å². The van der Waals surface area contributed by atoms with Crippen LogP contribution in [0, 0.1) is 6.92 Å². The first-order chi connectivity index (χ1) is 5.25. The van der Waals surface area contributed by atoms with Crippen LogP contribution in [0.25, 0.3) is 0 Å². The second-order valence-corrected chi connectivity index (χ2v) is 3.49. The Hall–Kier alpha value is -0.410. The first kappa shape index (κ1) is 8.68. The zero-order valence-corrected chi connectivity index (χ0v) is 7.69. The number of rotatable bonds is 3. The molecule has 1 unspecified atom stereocenters. The average molecular weight is 171 g/mol. The van der Waals surface area contributed by atoms with Crippen LogP contribution in [0.15, 0.2) is 5.51 Å². The van der Waals surface area contributed by atoms with Crippen molar-refractivity contribution >= 4 is 11.3 Å². The summed E-state index contributed by atoms with van der Waals surface area (Å²) in [6, 6.07) is 0. The number of nitrogens with zero attached hydrogens (tertiary/aromatic N) is 1. The summed E-state index contributed by atoms with van der Waals surface area (Å²) in [5, 5.41) is 9.56. The number of aromatic nitrogens is 1. The Morgan fingerprint density at radius 3 is 2.91 bits per heavy atom. The maximum absolute atomic E-state index is 9.56. The molecular formula is C8H13NOS. The summed E-state index contributed by atoms with van der Waals surface area (Å²) in [6.07, 6.45) is 1.55. The Kier molecular flexibility index (Phi) is 3.02. The number of thiazole rings is 1. The minimum atomic E-state index is -0.299. The summed E-state index contributed by atoms with van der Waals surface area (Å²) in [5.41, 5.74) is 2.75. The molecule has 0 aliphatic carbocycles. The summed E-state index contributed by atoms with van der Waals surface area (Å²) in [5.74, 6) is 0. The molecular weight excluding hydrogens is 158 g/mol. The van der Waals surface area contributed by atoms with Gasteiger partial charge in [-0.25, -0.2) is 4.98 Å². The van der Waals surface area contributed by atoms with E-state index in [-0.39, 0.29) is 6.10 Å². The van der Waals surface area contributed by atoms with Gasteiger partial charge in [0.05, 0.1) is 22.2 Å². The van der Waals surface area contributed by atoms with Gasteiger partial charge in [0.15, 0.2) is 0 Å². The summed E-state index contributed by atoms with van der Waals surface area (Å²) in [7, 11) is 0. The molecule has 1 aromatic heterocycles. The van der Waals surface area contributed by atoms with Gasteiger partial charge >= 0.3 is 0 Å². The topological polar surface area (TPSA) is 33.1 Å². The standard InChI is InChI=1S/C8H13NOS/c1-3-4-7(10)8-6(2)9-5-11-8/h5,7,10H,3-4H2,1-2H3. The van der Waals surface area contributed by atoms with Crippen LogP contribution in [-0.4, -0.2) is 10.1 Å². The lowest BCUT2D eigenvalue weighted by atomic mass is 10.1. The first-order valence-electron chi connectivity index (χ1n) is 3.83. The van der Waals surface area contributed by atoms with E-state index in [0.717, 1.165) is 23.4 Å². The van der Waals surface area contributed by atoms with Crippen molar-refractivity contribution in [2.45, 2.75) is 32.8 Å². The summed E-state index contributed by atoms with van der Waals surface area (Å²) >= 11 is 1.54. The molecule has 0 aliphatic rings. The lowest BCUT2D eigenvalue weighted by Gasteiger charge is -2.06. The molecule has 0 amide bonds. The van der Waals surface area contributed by atoms with Gasteiger partial charge in [0.1, 0.15) is 0 Å². The van der Waals surface area contributed by atoms with Crippen LogP contribution in [0.5, 0.6) is 0 Å². The Balaban J connectivity index is 2.67. The lowest BCUT2D eigenvalue weighted by molar-refractivity contribution is 0.169. The molecule has 1 atom stereocenters. The molecule has 11 heavy (non-hydrogen) atoms. The van der Waals surface area contributed by atoms with E-state index >= 15 is 0 Å². The maximum Gasteiger partial charge on any atom is 0.0900 e. The van der Waals surface area contributed by atoms with Gasteiger partial charge in [0, 0.05) is 0 Å². The first-order valence-corrected chi connectivity index (χ1v) is 4.71. The quantitative estimate of drug-likeness (QED) is 0.757. The third-order valence-electron chi connectivity index (χ3n) is 1.65. The van der Waals surface area contributed by atoms with Crippen molar-refractivity contribution in [1.82, 2.24) is 4.98 Å². The maximum atomic E-state index is 9.56. The molecule has 0 radical (unpaired) electrons. The van der Waals surface area contributed by atoms with Crippen LogP contribution in [0.2, 0.25) is 0 Å². The predicted octanol–water partition coefficient (Wildman–Crippen LogP) is 2.29. The molecule has 1 rings (SSSR count). The van der Waals surface area contributed by atoms with Crippen molar-refractivity contribution in [1.29, 1.82) is 0 Å². The fourth-order valence-electron chi connectivity index (χ4n) is 1.04. The highest BCUT2D eigenvalue weighted by Crippen LogP contribution is 2.24. The van der Waals surface area contributed by atoms with Crippen LogP contribution >= 0.6 is 11.3 Å². The average Bonchev–Trinajstić information content (AvgIpc) is 2.36. The van der Waals surface area contributed by atoms with Gasteiger partial charge in [-0.2, -0.15) is 0 Å². The summed E-state index contributed by atoms with van der Waals surface area (Å²) in [6.45, 7) is 4.00. The van der Waals surface area contributed by atoms with Gasteiger partial charge in [-0.05, 0) is 13.3 Å². The lowest BCUT2D eigenvalue weighted by Crippen LogP contribution is -1.95. The highest BCUT2D eigenvalue weighted by Gasteiger charge is 2.10. The van der Waals surface area contributed by atoms with Gasteiger partial charge in [-0.3, -0.25) is 0 Å². The molecule has 1 aromatic rings. The Bertz CT molecular complexity index is 222. The van der Waals surface area contributed by atoms with Crippen LogP contribution in [0.3, 0.4) is 0 Å². The minimum Gasteiger partial charge on any atom is -0.388 e. The third kappa shape index (κ3) is 2.01. The van der Waals surface area contributed by atoms with Gasteiger partial charge in [0.25, 0.3) is 0 Å². The second-order valence-electron chi connectivity index (χ2n) is 2.61. The highest BCUT2D eigenvalue weighted by atomic mass is 32.1. The van der Waals surface area contributed by atoms with Crippen molar-refractivity contribution in [3.05, 3.63) is 16.1 Å². The Morgan fingerprint density at radius 1 is 1.73 bits per heavy atom. The van der Waals surface area contributed by atoms with E-state index in [0.29, 0.717) is 0 Å². The fourth-order valence-corrected chi connectivity index (χ4v) is 1.86. The SMILES string of the molecule is CCCC(O)c1scnc1C. The summed E-state index contributed by atoms with van der Waals surface area (Å²) < 4.78 is 0. The van der Waals surface area contributed by atoms with Crippen LogP contribution in [-0.2, 0) is 0 Å². The largest absolute Gasteiger partial charge is 0.388 e. The van der Waals surface area contributed by atoms with Crippen LogP contribution in [0.4, 0.5) is 0 Å². The van der Waals surface area contributed by atoms with Crippen molar-refractivity contribution in [2.75, 3.05) is 0 Å². The van der Waals surface area contributed by atoms with Crippen molar-refractivity contribution in [3.8, 4) is 0 Å². The van der Waals surface area contributed by atoms with E-state index in [2.05, 4.69) is 11.9 Å². The van der Waals surface area contributed by atoms with E-state index in [1.54, 1.807) is 5.51 Å². The van der Waals surface area contributed by atoms with Gasteiger partial charge in [-0.15, -0.1) is 11.3 Å². The van der Waals surface area contributed by atoms with E-state index in [9.17, 15) is 5.11 Å². The molecule has 2 nitrogen and oxygen atoms in total. The molecule has 1 heterocycles.